The van der Waals surface area contributed by atoms with Gasteiger partial charge in [0.1, 0.15) is 0 Å². The molecule has 0 saturated heterocycles. The van der Waals surface area contributed by atoms with E-state index in [1.165, 1.54) is 12.1 Å². The highest BCUT2D eigenvalue weighted by atomic mass is 19.4. The van der Waals surface area contributed by atoms with Gasteiger partial charge in [0.05, 0.1) is 5.56 Å². The third-order valence-corrected chi connectivity index (χ3v) is 2.72. The van der Waals surface area contributed by atoms with Gasteiger partial charge in [-0.1, -0.05) is 13.0 Å². The summed E-state index contributed by atoms with van der Waals surface area (Å²) in [5, 5.41) is 2.60. The maximum absolute atomic E-state index is 12.5. The minimum atomic E-state index is -4.44. The highest BCUT2D eigenvalue weighted by Gasteiger charge is 2.30. The molecule has 106 valence electrons. The first-order chi connectivity index (χ1) is 8.84. The molecule has 6 heteroatoms. The van der Waals surface area contributed by atoms with Gasteiger partial charge in [-0.2, -0.15) is 13.2 Å². The van der Waals surface area contributed by atoms with Crippen LogP contribution in [0.1, 0.15) is 29.3 Å². The van der Waals surface area contributed by atoms with E-state index in [4.69, 9.17) is 5.73 Å². The minimum Gasteiger partial charge on any atom is -0.352 e. The van der Waals surface area contributed by atoms with Crippen molar-refractivity contribution < 1.29 is 18.0 Å². The topological polar surface area (TPSA) is 55.1 Å². The first-order valence-corrected chi connectivity index (χ1v) is 6.00. The fourth-order valence-electron chi connectivity index (χ4n) is 1.59. The summed E-state index contributed by atoms with van der Waals surface area (Å²) in [5.74, 6) is -0.310. The minimum absolute atomic E-state index is 0.00905. The van der Waals surface area contributed by atoms with Gasteiger partial charge in [0.25, 0.3) is 5.91 Å². The Kier molecular flexibility index (Phi) is 5.35. The van der Waals surface area contributed by atoms with E-state index >= 15 is 0 Å². The molecular weight excluding hydrogens is 257 g/mol. The lowest BCUT2D eigenvalue weighted by molar-refractivity contribution is -0.137. The van der Waals surface area contributed by atoms with Gasteiger partial charge in [0, 0.05) is 12.1 Å². The Bertz CT molecular complexity index is 432. The van der Waals surface area contributed by atoms with Crippen LogP contribution in [-0.4, -0.2) is 19.0 Å². The SMILES string of the molecule is CC(CCN)CNC(=O)c1cccc(C(F)(F)F)c1. The van der Waals surface area contributed by atoms with Gasteiger partial charge in [-0.15, -0.1) is 0 Å². The van der Waals surface area contributed by atoms with Gasteiger partial charge in [0.2, 0.25) is 0 Å². The van der Waals surface area contributed by atoms with Crippen molar-refractivity contribution in [2.75, 3.05) is 13.1 Å². The van der Waals surface area contributed by atoms with Gasteiger partial charge in [0.15, 0.2) is 0 Å². The molecule has 1 amide bonds. The van der Waals surface area contributed by atoms with Crippen LogP contribution in [-0.2, 0) is 6.18 Å². The zero-order valence-electron chi connectivity index (χ0n) is 10.6. The molecule has 0 aliphatic carbocycles. The zero-order valence-corrected chi connectivity index (χ0v) is 10.6. The van der Waals surface area contributed by atoms with Gasteiger partial charge in [-0.25, -0.2) is 0 Å². The maximum atomic E-state index is 12.5. The number of carbonyl (C=O) groups is 1. The number of hydrogen-bond donors (Lipinski definition) is 2. The van der Waals surface area contributed by atoms with E-state index in [9.17, 15) is 18.0 Å². The predicted molar refractivity (Wildman–Crippen MR) is 66.6 cm³/mol. The molecule has 0 aliphatic rings. The van der Waals surface area contributed by atoms with Crippen LogP contribution in [0.15, 0.2) is 24.3 Å². The van der Waals surface area contributed by atoms with Crippen LogP contribution in [0.4, 0.5) is 13.2 Å². The van der Waals surface area contributed by atoms with Crippen LogP contribution >= 0.6 is 0 Å². The number of alkyl halides is 3. The second-order valence-electron chi connectivity index (χ2n) is 4.47. The summed E-state index contributed by atoms with van der Waals surface area (Å²) in [4.78, 5) is 11.7. The summed E-state index contributed by atoms with van der Waals surface area (Å²) in [6, 6.07) is 4.37. The lowest BCUT2D eigenvalue weighted by Crippen LogP contribution is -2.29. The number of carbonyl (C=O) groups excluding carboxylic acids is 1. The lowest BCUT2D eigenvalue weighted by atomic mass is 10.1. The number of nitrogens with two attached hydrogens (primary N) is 1. The second-order valence-corrected chi connectivity index (χ2v) is 4.47. The summed E-state index contributed by atoms with van der Waals surface area (Å²) in [6.07, 6.45) is -3.69. The van der Waals surface area contributed by atoms with E-state index in [0.29, 0.717) is 13.1 Å². The molecule has 0 aliphatic heterocycles. The summed E-state index contributed by atoms with van der Waals surface area (Å²) < 4.78 is 37.5. The molecule has 0 radical (unpaired) electrons. The number of benzene rings is 1. The lowest BCUT2D eigenvalue weighted by Gasteiger charge is -2.12. The molecule has 0 heterocycles. The number of amides is 1. The molecule has 0 aromatic heterocycles. The Hall–Kier alpha value is -1.56. The average Bonchev–Trinajstić information content (AvgIpc) is 2.35. The molecular formula is C13H17F3N2O. The van der Waals surface area contributed by atoms with Crippen LogP contribution in [0, 0.1) is 5.92 Å². The van der Waals surface area contributed by atoms with E-state index in [2.05, 4.69) is 5.32 Å². The smallest absolute Gasteiger partial charge is 0.352 e. The Morgan fingerprint density at radius 1 is 1.42 bits per heavy atom. The van der Waals surface area contributed by atoms with Crippen molar-refractivity contribution >= 4 is 5.91 Å². The van der Waals surface area contributed by atoms with Crippen molar-refractivity contribution in [2.24, 2.45) is 11.7 Å². The first kappa shape index (κ1) is 15.5. The van der Waals surface area contributed by atoms with Crippen molar-refractivity contribution in [3.63, 3.8) is 0 Å². The van der Waals surface area contributed by atoms with Crippen molar-refractivity contribution in [3.8, 4) is 0 Å². The van der Waals surface area contributed by atoms with E-state index in [1.807, 2.05) is 6.92 Å². The monoisotopic (exact) mass is 274 g/mol. The molecule has 1 unspecified atom stereocenters. The van der Waals surface area contributed by atoms with Gasteiger partial charge >= 0.3 is 6.18 Å². The molecule has 0 fully saturated rings. The molecule has 0 saturated carbocycles. The molecule has 3 N–H and O–H groups in total. The van der Waals surface area contributed by atoms with E-state index in [0.717, 1.165) is 18.6 Å². The van der Waals surface area contributed by atoms with Gasteiger partial charge in [-0.3, -0.25) is 4.79 Å². The Balaban J connectivity index is 2.67. The van der Waals surface area contributed by atoms with Crippen molar-refractivity contribution in [3.05, 3.63) is 35.4 Å². The molecule has 3 nitrogen and oxygen atoms in total. The number of halogens is 3. The van der Waals surface area contributed by atoms with E-state index in [1.54, 1.807) is 0 Å². The van der Waals surface area contributed by atoms with Crippen LogP contribution in [0.5, 0.6) is 0 Å². The number of rotatable bonds is 5. The Morgan fingerprint density at radius 3 is 2.68 bits per heavy atom. The Morgan fingerprint density at radius 2 is 2.11 bits per heavy atom. The average molecular weight is 274 g/mol. The Labute approximate surface area is 110 Å². The summed E-state index contributed by atoms with van der Waals surface area (Å²) in [6.45, 7) is 2.83. The molecule has 1 atom stereocenters. The van der Waals surface area contributed by atoms with Gasteiger partial charge in [-0.05, 0) is 37.1 Å². The fraction of sp³-hybridized carbons (Fsp3) is 0.462. The van der Waals surface area contributed by atoms with Crippen molar-refractivity contribution in [1.82, 2.24) is 5.32 Å². The molecule has 1 rings (SSSR count). The van der Waals surface area contributed by atoms with Crippen LogP contribution in [0.3, 0.4) is 0 Å². The van der Waals surface area contributed by atoms with E-state index < -0.39 is 17.6 Å². The molecule has 1 aromatic rings. The largest absolute Gasteiger partial charge is 0.416 e. The van der Waals surface area contributed by atoms with Crippen molar-refractivity contribution in [2.45, 2.75) is 19.5 Å². The third kappa shape index (κ3) is 4.90. The quantitative estimate of drug-likeness (QED) is 0.866. The second kappa shape index (κ2) is 6.56. The molecule has 0 bridgehead atoms. The fourth-order valence-corrected chi connectivity index (χ4v) is 1.59. The molecule has 0 spiro atoms. The molecule has 1 aromatic carbocycles. The summed E-state index contributed by atoms with van der Waals surface area (Å²) in [5.41, 5.74) is 4.56. The number of hydrogen-bond acceptors (Lipinski definition) is 2. The van der Waals surface area contributed by atoms with Crippen LogP contribution < -0.4 is 11.1 Å². The summed E-state index contributed by atoms with van der Waals surface area (Å²) >= 11 is 0. The predicted octanol–water partition coefficient (Wildman–Crippen LogP) is 2.42. The van der Waals surface area contributed by atoms with Crippen LogP contribution in [0.2, 0.25) is 0 Å². The zero-order chi connectivity index (χ0) is 14.5. The third-order valence-electron chi connectivity index (χ3n) is 2.72. The first-order valence-electron chi connectivity index (χ1n) is 6.00. The standard InChI is InChI=1S/C13H17F3N2O/c1-9(5-6-17)8-18-12(19)10-3-2-4-11(7-10)13(14,15)16/h2-4,7,9H,5-6,8,17H2,1H3,(H,18,19). The highest BCUT2D eigenvalue weighted by molar-refractivity contribution is 5.94. The van der Waals surface area contributed by atoms with Gasteiger partial charge < -0.3 is 11.1 Å². The maximum Gasteiger partial charge on any atom is 0.416 e. The number of nitrogens with one attached hydrogen (secondary N) is 1. The van der Waals surface area contributed by atoms with Crippen molar-refractivity contribution in [1.29, 1.82) is 0 Å². The van der Waals surface area contributed by atoms with E-state index in [-0.39, 0.29) is 11.5 Å². The highest BCUT2D eigenvalue weighted by Crippen LogP contribution is 2.29. The molecule has 19 heavy (non-hydrogen) atoms. The normalized spacial score (nSPS) is 13.1. The summed E-state index contributed by atoms with van der Waals surface area (Å²) in [7, 11) is 0. The van der Waals surface area contributed by atoms with Crippen LogP contribution in [0.25, 0.3) is 0 Å².